The van der Waals surface area contributed by atoms with Crippen molar-refractivity contribution in [3.63, 3.8) is 0 Å². The number of carbonyl (C=O) groups is 1. The zero-order valence-electron chi connectivity index (χ0n) is 18.2. The maximum absolute atomic E-state index is 13.3. The number of methoxy groups -OCH3 is 1. The molecule has 3 aromatic carbocycles. The van der Waals surface area contributed by atoms with Crippen molar-refractivity contribution in [3.8, 4) is 11.5 Å². The summed E-state index contributed by atoms with van der Waals surface area (Å²) in [6, 6.07) is 22.1. The number of ether oxygens (including phenoxy) is 2. The summed E-state index contributed by atoms with van der Waals surface area (Å²) in [7, 11) is -2.55. The maximum atomic E-state index is 13.3. The molecule has 3 rings (SSSR count). The van der Waals surface area contributed by atoms with Crippen molar-refractivity contribution >= 4 is 21.6 Å². The van der Waals surface area contributed by atoms with Crippen LogP contribution in [-0.4, -0.2) is 28.0 Å². The summed E-state index contributed by atoms with van der Waals surface area (Å²) in [6.45, 7) is 2.39. The number of benzene rings is 3. The number of aryl methyl sites for hydroxylation is 1. The van der Waals surface area contributed by atoms with Crippen molar-refractivity contribution in [1.82, 2.24) is 0 Å². The fourth-order valence-electron chi connectivity index (χ4n) is 3.17. The zero-order chi connectivity index (χ0) is 23.0. The summed E-state index contributed by atoms with van der Waals surface area (Å²) in [5, 5.41) is 0. The van der Waals surface area contributed by atoms with Crippen LogP contribution in [0, 0.1) is 0 Å². The van der Waals surface area contributed by atoms with Crippen LogP contribution in [0.3, 0.4) is 0 Å². The molecule has 7 heteroatoms. The number of amides is 1. The van der Waals surface area contributed by atoms with Crippen molar-refractivity contribution in [1.29, 1.82) is 0 Å². The molecule has 0 heterocycles. The number of hydrogen-bond donors (Lipinski definition) is 0. The van der Waals surface area contributed by atoms with Gasteiger partial charge in [0.2, 0.25) is 5.91 Å². The number of nitrogens with zero attached hydrogens (tertiary/aromatic N) is 1. The lowest BCUT2D eigenvalue weighted by molar-refractivity contribution is -0.117. The van der Waals surface area contributed by atoms with Gasteiger partial charge in [0.25, 0.3) is 10.0 Å². The molecule has 32 heavy (non-hydrogen) atoms. The molecule has 6 nitrogen and oxygen atoms in total. The summed E-state index contributed by atoms with van der Waals surface area (Å²) in [5.74, 6) is 0.767. The van der Waals surface area contributed by atoms with Crippen molar-refractivity contribution in [2.24, 2.45) is 0 Å². The molecule has 1 amide bonds. The third-order valence-corrected chi connectivity index (χ3v) is 6.71. The summed E-state index contributed by atoms with van der Waals surface area (Å²) in [6.07, 6.45) is 1.35. The topological polar surface area (TPSA) is 72.9 Å². The first kappa shape index (κ1) is 23.3. The van der Waals surface area contributed by atoms with Gasteiger partial charge in [-0.3, -0.25) is 4.79 Å². The Hall–Kier alpha value is -3.32. The second-order valence-corrected chi connectivity index (χ2v) is 8.91. The van der Waals surface area contributed by atoms with Crippen LogP contribution in [-0.2, 0) is 21.2 Å². The molecular formula is C25H27NO5S. The molecule has 0 spiro atoms. The minimum Gasteiger partial charge on any atom is -0.497 e. The summed E-state index contributed by atoms with van der Waals surface area (Å²) in [4.78, 5) is 13.1. The smallest absolute Gasteiger partial charge is 0.270 e. The standard InChI is InChI=1S/C25H27NO5S/c1-3-20-11-15-23(16-12-20)31-19-7-10-25(27)26(21-13-17-22(30-2)18-14-21)32(28,29)24-8-5-4-6-9-24/h4-6,8-9,11-18H,3,7,10,19H2,1-2H3. The zero-order valence-corrected chi connectivity index (χ0v) is 19.0. The van der Waals surface area contributed by atoms with E-state index in [0.717, 1.165) is 16.5 Å². The number of rotatable bonds is 10. The molecule has 0 N–H and O–H groups in total. The van der Waals surface area contributed by atoms with Gasteiger partial charge < -0.3 is 9.47 Å². The van der Waals surface area contributed by atoms with Crippen molar-refractivity contribution in [2.75, 3.05) is 18.0 Å². The number of anilines is 1. The first-order valence-corrected chi connectivity index (χ1v) is 11.9. The van der Waals surface area contributed by atoms with E-state index >= 15 is 0 Å². The quantitative estimate of drug-likeness (QED) is 0.411. The van der Waals surface area contributed by atoms with Gasteiger partial charge in [-0.05, 0) is 66.9 Å². The van der Waals surface area contributed by atoms with Crippen LogP contribution in [0.2, 0.25) is 0 Å². The second-order valence-electron chi connectivity index (χ2n) is 7.12. The van der Waals surface area contributed by atoms with E-state index in [1.54, 1.807) is 42.5 Å². The molecule has 0 saturated carbocycles. The highest BCUT2D eigenvalue weighted by molar-refractivity contribution is 7.93. The van der Waals surface area contributed by atoms with Crippen molar-refractivity contribution in [3.05, 3.63) is 84.4 Å². The van der Waals surface area contributed by atoms with Gasteiger partial charge in [0.05, 0.1) is 24.3 Å². The fourth-order valence-corrected chi connectivity index (χ4v) is 4.64. The van der Waals surface area contributed by atoms with E-state index in [1.165, 1.54) is 24.8 Å². The normalized spacial score (nSPS) is 11.1. The van der Waals surface area contributed by atoms with Gasteiger partial charge in [0.15, 0.2) is 0 Å². The highest BCUT2D eigenvalue weighted by Crippen LogP contribution is 2.27. The van der Waals surface area contributed by atoms with Gasteiger partial charge in [-0.1, -0.05) is 37.3 Å². The lowest BCUT2D eigenvalue weighted by Gasteiger charge is -2.23. The molecule has 0 aliphatic rings. The van der Waals surface area contributed by atoms with Crippen molar-refractivity contribution in [2.45, 2.75) is 31.1 Å². The average Bonchev–Trinajstić information content (AvgIpc) is 2.83. The van der Waals surface area contributed by atoms with E-state index in [1.807, 2.05) is 24.3 Å². The Morgan fingerprint density at radius 1 is 0.875 bits per heavy atom. The SMILES string of the molecule is CCc1ccc(OCCCC(=O)N(c2ccc(OC)cc2)S(=O)(=O)c2ccccc2)cc1. The van der Waals surface area contributed by atoms with Crippen LogP contribution in [0.1, 0.15) is 25.3 Å². The van der Waals surface area contributed by atoms with Gasteiger partial charge in [-0.2, -0.15) is 0 Å². The van der Waals surface area contributed by atoms with Crippen LogP contribution in [0.15, 0.2) is 83.8 Å². The predicted octanol–water partition coefficient (Wildman–Crippen LogP) is 4.84. The third kappa shape index (κ3) is 5.68. The summed E-state index contributed by atoms with van der Waals surface area (Å²) < 4.78 is 38.3. The van der Waals surface area contributed by atoms with Crippen LogP contribution in [0.4, 0.5) is 5.69 Å². The van der Waals surface area contributed by atoms with E-state index in [-0.39, 0.29) is 17.0 Å². The maximum Gasteiger partial charge on any atom is 0.270 e. The Morgan fingerprint density at radius 2 is 1.50 bits per heavy atom. The molecule has 3 aromatic rings. The minimum atomic E-state index is -4.07. The number of sulfonamides is 1. The van der Waals surface area contributed by atoms with E-state index in [4.69, 9.17) is 9.47 Å². The minimum absolute atomic E-state index is 0.0190. The third-order valence-electron chi connectivity index (χ3n) is 4.95. The molecule has 0 unspecified atom stereocenters. The molecule has 0 aliphatic heterocycles. The Kier molecular flexibility index (Phi) is 7.89. The molecule has 0 radical (unpaired) electrons. The van der Waals surface area contributed by atoms with E-state index in [0.29, 0.717) is 18.8 Å². The lowest BCUT2D eigenvalue weighted by atomic mass is 10.2. The second kappa shape index (κ2) is 10.8. The number of hydrogen-bond acceptors (Lipinski definition) is 5. The van der Waals surface area contributed by atoms with E-state index < -0.39 is 15.9 Å². The first-order chi connectivity index (χ1) is 15.5. The molecule has 0 aromatic heterocycles. The van der Waals surface area contributed by atoms with Crippen LogP contribution >= 0.6 is 0 Å². The van der Waals surface area contributed by atoms with Crippen molar-refractivity contribution < 1.29 is 22.7 Å². The Bertz CT molecular complexity index is 1110. The van der Waals surface area contributed by atoms with Crippen LogP contribution in [0.25, 0.3) is 0 Å². The summed E-state index contributed by atoms with van der Waals surface area (Å²) in [5.41, 5.74) is 1.48. The van der Waals surface area contributed by atoms with Gasteiger partial charge >= 0.3 is 0 Å². The van der Waals surface area contributed by atoms with Gasteiger partial charge in [-0.15, -0.1) is 0 Å². The molecule has 168 valence electrons. The molecule has 0 saturated heterocycles. The lowest BCUT2D eigenvalue weighted by Crippen LogP contribution is -2.37. The highest BCUT2D eigenvalue weighted by atomic mass is 32.2. The molecule has 0 aliphatic carbocycles. The molecule has 0 fully saturated rings. The van der Waals surface area contributed by atoms with Gasteiger partial charge in [0.1, 0.15) is 11.5 Å². The highest BCUT2D eigenvalue weighted by Gasteiger charge is 2.30. The summed E-state index contributed by atoms with van der Waals surface area (Å²) >= 11 is 0. The van der Waals surface area contributed by atoms with Crippen LogP contribution in [0.5, 0.6) is 11.5 Å². The Balaban J connectivity index is 1.74. The Morgan fingerprint density at radius 3 is 2.09 bits per heavy atom. The molecular weight excluding hydrogens is 426 g/mol. The first-order valence-electron chi connectivity index (χ1n) is 10.4. The monoisotopic (exact) mass is 453 g/mol. The fraction of sp³-hybridized carbons (Fsp3) is 0.240. The van der Waals surface area contributed by atoms with Crippen LogP contribution < -0.4 is 13.8 Å². The van der Waals surface area contributed by atoms with Gasteiger partial charge in [0, 0.05) is 6.42 Å². The predicted molar refractivity (Wildman–Crippen MR) is 125 cm³/mol. The number of carbonyl (C=O) groups excluding carboxylic acids is 1. The Labute approximate surface area is 189 Å². The molecule has 0 bridgehead atoms. The van der Waals surface area contributed by atoms with E-state index in [2.05, 4.69) is 6.92 Å². The van der Waals surface area contributed by atoms with Gasteiger partial charge in [-0.25, -0.2) is 12.7 Å². The average molecular weight is 454 g/mol. The van der Waals surface area contributed by atoms with E-state index in [9.17, 15) is 13.2 Å². The molecule has 0 atom stereocenters. The largest absolute Gasteiger partial charge is 0.497 e.